The third-order valence-electron chi connectivity index (χ3n) is 2.55. The smallest absolute Gasteiger partial charge is 0.277 e. The lowest BCUT2D eigenvalue weighted by molar-refractivity contribution is -0.130. The van der Waals surface area contributed by atoms with Crippen molar-refractivity contribution in [1.82, 2.24) is 5.43 Å². The molecule has 1 rings (SSSR count). The van der Waals surface area contributed by atoms with Gasteiger partial charge in [-0.2, -0.15) is 0 Å². The second kappa shape index (κ2) is 8.47. The van der Waals surface area contributed by atoms with Crippen LogP contribution < -0.4 is 16.0 Å². The first-order valence-corrected chi connectivity index (χ1v) is 5.95. The molecule has 0 spiro atoms. The van der Waals surface area contributed by atoms with Crippen LogP contribution in [-0.4, -0.2) is 39.4 Å². The molecule has 0 heterocycles. The van der Waals surface area contributed by atoms with E-state index in [1.807, 2.05) is 17.6 Å². The average Bonchev–Trinajstić information content (AvgIpc) is 2.45. The van der Waals surface area contributed by atoms with Crippen molar-refractivity contribution in [2.45, 2.75) is 12.5 Å². The summed E-state index contributed by atoms with van der Waals surface area (Å²) >= 11 is 0. The third-order valence-corrected chi connectivity index (χ3v) is 2.55. The van der Waals surface area contributed by atoms with Crippen LogP contribution in [0.3, 0.4) is 0 Å². The van der Waals surface area contributed by atoms with Gasteiger partial charge in [-0.1, -0.05) is 12.1 Å². The highest BCUT2D eigenvalue weighted by molar-refractivity contribution is 5.80. The maximum atomic E-state index is 11.5. The largest absolute Gasteiger partial charge is 0.478 e. The number of methoxy groups -OCH3 is 2. The highest BCUT2D eigenvalue weighted by Gasteiger charge is 2.19. The lowest BCUT2D eigenvalue weighted by atomic mass is 10.1. The predicted molar refractivity (Wildman–Crippen MR) is 70.6 cm³/mol. The van der Waals surface area contributed by atoms with Gasteiger partial charge in [0.2, 0.25) is 6.10 Å². The first-order chi connectivity index (χ1) is 9.21. The summed E-state index contributed by atoms with van der Waals surface area (Å²) in [6, 6.07) is 7.46. The van der Waals surface area contributed by atoms with Crippen LogP contribution in [0.25, 0.3) is 0 Å². The maximum Gasteiger partial charge on any atom is 0.277 e. The quantitative estimate of drug-likeness (QED) is 0.401. The van der Waals surface area contributed by atoms with Crippen LogP contribution in [-0.2, 0) is 20.7 Å². The Balaban J connectivity index is 2.61. The highest BCUT2D eigenvalue weighted by Crippen LogP contribution is 2.14. The maximum absolute atomic E-state index is 11.5. The number of hydrazine groups is 1. The summed E-state index contributed by atoms with van der Waals surface area (Å²) in [7, 11) is 3.16. The number of rotatable bonds is 8. The second-order valence-corrected chi connectivity index (χ2v) is 3.96. The number of ether oxygens (including phenoxy) is 3. The summed E-state index contributed by atoms with van der Waals surface area (Å²) in [5.74, 6) is 5.25. The predicted octanol–water partition coefficient (Wildman–Crippen LogP) is 0.259. The van der Waals surface area contributed by atoms with E-state index in [0.29, 0.717) is 12.4 Å². The van der Waals surface area contributed by atoms with Gasteiger partial charge in [0.15, 0.2) is 0 Å². The molecule has 6 nitrogen and oxygen atoms in total. The van der Waals surface area contributed by atoms with Gasteiger partial charge in [-0.15, -0.1) is 0 Å². The normalized spacial score (nSPS) is 11.9. The van der Waals surface area contributed by atoms with E-state index in [9.17, 15) is 4.79 Å². The molecule has 0 aliphatic rings. The molecule has 1 amide bonds. The first-order valence-electron chi connectivity index (χ1n) is 5.95. The molecule has 1 unspecified atom stereocenters. The number of nitrogens with one attached hydrogen (secondary N) is 1. The Kier molecular flexibility index (Phi) is 6.88. The molecule has 0 saturated heterocycles. The SMILES string of the molecule is COCCc1ccc(OC(COC)C(=O)NN)cc1. The zero-order valence-electron chi connectivity index (χ0n) is 11.2. The van der Waals surface area contributed by atoms with Crippen LogP contribution in [0.15, 0.2) is 24.3 Å². The zero-order chi connectivity index (χ0) is 14.1. The lowest BCUT2D eigenvalue weighted by Gasteiger charge is -2.16. The molecule has 3 N–H and O–H groups in total. The number of nitrogens with two attached hydrogens (primary N) is 1. The Labute approximate surface area is 112 Å². The van der Waals surface area contributed by atoms with E-state index < -0.39 is 12.0 Å². The van der Waals surface area contributed by atoms with E-state index in [0.717, 1.165) is 12.0 Å². The molecule has 0 aromatic heterocycles. The molecule has 1 atom stereocenters. The van der Waals surface area contributed by atoms with Crippen LogP contribution in [0, 0.1) is 0 Å². The molecule has 106 valence electrons. The van der Waals surface area contributed by atoms with Gasteiger partial charge in [-0.3, -0.25) is 10.2 Å². The number of hydrogen-bond donors (Lipinski definition) is 2. The van der Waals surface area contributed by atoms with E-state index in [1.165, 1.54) is 7.11 Å². The summed E-state index contributed by atoms with van der Waals surface area (Å²) < 4.78 is 15.4. The van der Waals surface area contributed by atoms with Crippen LogP contribution in [0.2, 0.25) is 0 Å². The van der Waals surface area contributed by atoms with Crippen LogP contribution in [0.5, 0.6) is 5.75 Å². The summed E-state index contributed by atoms with van der Waals surface area (Å²) in [6.45, 7) is 0.802. The van der Waals surface area contributed by atoms with E-state index >= 15 is 0 Å². The fourth-order valence-electron chi connectivity index (χ4n) is 1.53. The summed E-state index contributed by atoms with van der Waals surface area (Å²) in [5, 5.41) is 0. The summed E-state index contributed by atoms with van der Waals surface area (Å²) in [4.78, 5) is 11.5. The Morgan fingerprint density at radius 1 is 1.26 bits per heavy atom. The minimum Gasteiger partial charge on any atom is -0.478 e. The number of carbonyl (C=O) groups excluding carboxylic acids is 1. The summed E-state index contributed by atoms with van der Waals surface area (Å²) in [5.41, 5.74) is 3.19. The van der Waals surface area contributed by atoms with Crippen molar-refractivity contribution in [1.29, 1.82) is 0 Å². The van der Waals surface area contributed by atoms with Crippen molar-refractivity contribution in [3.63, 3.8) is 0 Å². The standard InChI is InChI=1S/C13H20N2O4/c1-17-8-7-10-3-5-11(6-4-10)19-12(9-18-2)13(16)15-14/h3-6,12H,7-9,14H2,1-2H3,(H,15,16). The number of hydrogen-bond acceptors (Lipinski definition) is 5. The third kappa shape index (κ3) is 5.25. The second-order valence-electron chi connectivity index (χ2n) is 3.96. The van der Waals surface area contributed by atoms with Gasteiger partial charge in [0.1, 0.15) is 5.75 Å². The molecule has 1 aromatic rings. The molecule has 1 aromatic carbocycles. The fourth-order valence-corrected chi connectivity index (χ4v) is 1.53. The van der Waals surface area contributed by atoms with Gasteiger partial charge in [0.05, 0.1) is 13.2 Å². The first kappa shape index (κ1) is 15.4. The monoisotopic (exact) mass is 268 g/mol. The Hall–Kier alpha value is -1.63. The van der Waals surface area contributed by atoms with Crippen LogP contribution >= 0.6 is 0 Å². The summed E-state index contributed by atoms with van der Waals surface area (Å²) in [6.07, 6.45) is 0.0708. The van der Waals surface area contributed by atoms with Gasteiger partial charge in [0, 0.05) is 14.2 Å². The molecule has 0 aliphatic carbocycles. The topological polar surface area (TPSA) is 82.8 Å². The molecular formula is C13H20N2O4. The van der Waals surface area contributed by atoms with Crippen LogP contribution in [0.4, 0.5) is 0 Å². The molecule has 0 bridgehead atoms. The van der Waals surface area contributed by atoms with Gasteiger partial charge in [-0.25, -0.2) is 5.84 Å². The zero-order valence-corrected chi connectivity index (χ0v) is 11.2. The molecule has 0 aliphatic heterocycles. The number of amides is 1. The molecule has 6 heteroatoms. The average molecular weight is 268 g/mol. The Bertz CT molecular complexity index is 381. The molecular weight excluding hydrogens is 248 g/mol. The minimum atomic E-state index is -0.764. The van der Waals surface area contributed by atoms with E-state index in [-0.39, 0.29) is 6.61 Å². The van der Waals surface area contributed by atoms with Crippen molar-refractivity contribution >= 4 is 5.91 Å². The van der Waals surface area contributed by atoms with Crippen molar-refractivity contribution in [3.05, 3.63) is 29.8 Å². The van der Waals surface area contributed by atoms with Crippen molar-refractivity contribution in [2.75, 3.05) is 27.4 Å². The van der Waals surface area contributed by atoms with Gasteiger partial charge in [0.25, 0.3) is 5.91 Å². The molecule has 0 radical (unpaired) electrons. The number of carbonyl (C=O) groups is 1. The Morgan fingerprint density at radius 2 is 1.95 bits per heavy atom. The van der Waals surface area contributed by atoms with Gasteiger partial charge in [-0.05, 0) is 24.1 Å². The molecule has 19 heavy (non-hydrogen) atoms. The Morgan fingerprint density at radius 3 is 2.47 bits per heavy atom. The molecule has 0 saturated carbocycles. The van der Waals surface area contributed by atoms with Crippen molar-refractivity contribution < 1.29 is 19.0 Å². The van der Waals surface area contributed by atoms with E-state index in [4.69, 9.17) is 20.1 Å². The minimum absolute atomic E-state index is 0.133. The van der Waals surface area contributed by atoms with Gasteiger partial charge >= 0.3 is 0 Å². The highest BCUT2D eigenvalue weighted by atomic mass is 16.5. The van der Waals surface area contributed by atoms with Crippen molar-refractivity contribution in [3.8, 4) is 5.75 Å². The van der Waals surface area contributed by atoms with Gasteiger partial charge < -0.3 is 14.2 Å². The lowest BCUT2D eigenvalue weighted by Crippen LogP contribution is -2.44. The molecule has 0 fully saturated rings. The van der Waals surface area contributed by atoms with Crippen molar-refractivity contribution in [2.24, 2.45) is 5.84 Å². The van der Waals surface area contributed by atoms with Crippen LogP contribution in [0.1, 0.15) is 5.56 Å². The van der Waals surface area contributed by atoms with E-state index in [2.05, 4.69) is 0 Å². The van der Waals surface area contributed by atoms with E-state index in [1.54, 1.807) is 19.2 Å². The fraction of sp³-hybridized carbons (Fsp3) is 0.462. The number of benzene rings is 1.